The van der Waals surface area contributed by atoms with Gasteiger partial charge in [-0.1, -0.05) is 5.16 Å². The van der Waals surface area contributed by atoms with Gasteiger partial charge < -0.3 is 14.3 Å². The van der Waals surface area contributed by atoms with Crippen LogP contribution in [0.5, 0.6) is 0 Å². The van der Waals surface area contributed by atoms with Crippen LogP contribution < -0.4 is 5.32 Å². The average molecular weight is 342 g/mol. The van der Waals surface area contributed by atoms with Crippen molar-refractivity contribution in [2.24, 2.45) is 0 Å². The zero-order valence-electron chi connectivity index (χ0n) is 14.2. The van der Waals surface area contributed by atoms with Crippen molar-refractivity contribution in [2.75, 3.05) is 0 Å². The number of rotatable bonds is 6. The summed E-state index contributed by atoms with van der Waals surface area (Å²) in [5, 5.41) is 14.7. The number of nitrogens with zero attached hydrogens (tertiary/aromatic N) is 5. The lowest BCUT2D eigenvalue weighted by molar-refractivity contribution is -0.120. The molecular formula is C16H18N6O3. The maximum Gasteiger partial charge on any atom is 0.247 e. The second-order valence-corrected chi connectivity index (χ2v) is 6.05. The number of pyridine rings is 1. The molecule has 130 valence electrons. The van der Waals surface area contributed by atoms with Gasteiger partial charge in [-0.2, -0.15) is 4.98 Å². The normalized spacial score (nSPS) is 11.5. The summed E-state index contributed by atoms with van der Waals surface area (Å²) in [5.74, 6) is 1.62. The van der Waals surface area contributed by atoms with Gasteiger partial charge in [-0.15, -0.1) is 10.2 Å². The fraction of sp³-hybridized carbons (Fsp3) is 0.375. The molecule has 3 aromatic heterocycles. The zero-order valence-corrected chi connectivity index (χ0v) is 14.2. The highest BCUT2D eigenvalue weighted by atomic mass is 16.5. The molecule has 0 aromatic carbocycles. The van der Waals surface area contributed by atoms with Crippen molar-refractivity contribution in [3.05, 3.63) is 42.1 Å². The quantitative estimate of drug-likeness (QED) is 0.718. The first-order valence-corrected chi connectivity index (χ1v) is 7.78. The van der Waals surface area contributed by atoms with Gasteiger partial charge in [0.25, 0.3) is 0 Å². The molecule has 3 aromatic rings. The highest BCUT2D eigenvalue weighted by molar-refractivity contribution is 5.73. The average Bonchev–Trinajstić information content (AvgIpc) is 3.22. The van der Waals surface area contributed by atoms with Crippen LogP contribution in [0, 0.1) is 0 Å². The second kappa shape index (κ2) is 6.80. The van der Waals surface area contributed by atoms with E-state index in [1.54, 1.807) is 24.5 Å². The maximum absolute atomic E-state index is 11.2. The van der Waals surface area contributed by atoms with Crippen molar-refractivity contribution in [1.29, 1.82) is 0 Å². The summed E-state index contributed by atoms with van der Waals surface area (Å²) in [6, 6.07) is 3.59. The third kappa shape index (κ3) is 4.06. The second-order valence-electron chi connectivity index (χ2n) is 6.05. The Labute approximate surface area is 143 Å². The number of aryl methyl sites for hydroxylation is 2. The molecule has 0 aliphatic carbocycles. The summed E-state index contributed by atoms with van der Waals surface area (Å²) in [6.45, 7) is 5.06. The van der Waals surface area contributed by atoms with Gasteiger partial charge in [-0.3, -0.25) is 9.78 Å². The van der Waals surface area contributed by atoms with E-state index in [0.717, 1.165) is 5.56 Å². The van der Waals surface area contributed by atoms with Gasteiger partial charge in [0.1, 0.15) is 0 Å². The van der Waals surface area contributed by atoms with Crippen LogP contribution in [0.1, 0.15) is 38.4 Å². The van der Waals surface area contributed by atoms with Crippen LogP contribution in [0.3, 0.4) is 0 Å². The first-order chi connectivity index (χ1) is 11.9. The summed E-state index contributed by atoms with van der Waals surface area (Å²) in [5.41, 5.74) is 0.109. The third-order valence-electron chi connectivity index (χ3n) is 3.46. The van der Waals surface area contributed by atoms with E-state index < -0.39 is 5.54 Å². The van der Waals surface area contributed by atoms with Gasteiger partial charge >= 0.3 is 0 Å². The summed E-state index contributed by atoms with van der Waals surface area (Å²) >= 11 is 0. The van der Waals surface area contributed by atoms with Crippen molar-refractivity contribution in [1.82, 2.24) is 30.6 Å². The van der Waals surface area contributed by atoms with E-state index in [0.29, 0.717) is 36.3 Å². The Hall–Kier alpha value is -3.10. The minimum absolute atomic E-state index is 0.161. The highest BCUT2D eigenvalue weighted by Gasteiger charge is 2.27. The van der Waals surface area contributed by atoms with Crippen LogP contribution in [-0.2, 0) is 23.2 Å². The number of carbonyl (C=O) groups excluding carboxylic acids is 1. The fourth-order valence-electron chi connectivity index (χ4n) is 2.29. The summed E-state index contributed by atoms with van der Waals surface area (Å²) in [4.78, 5) is 19.5. The summed E-state index contributed by atoms with van der Waals surface area (Å²) in [7, 11) is 0. The Morgan fingerprint density at radius 3 is 2.60 bits per heavy atom. The molecule has 0 spiro atoms. The first kappa shape index (κ1) is 16.7. The molecule has 0 aliphatic heterocycles. The SMILES string of the molecule is CC(=O)NC(C)(C)c1noc(CCc2nnc(-c3ccncc3)o2)n1. The van der Waals surface area contributed by atoms with Crippen molar-refractivity contribution < 1.29 is 13.7 Å². The molecule has 0 bridgehead atoms. The molecule has 3 heterocycles. The van der Waals surface area contributed by atoms with Gasteiger partial charge in [0.2, 0.25) is 23.6 Å². The number of hydrogen-bond acceptors (Lipinski definition) is 8. The smallest absolute Gasteiger partial charge is 0.247 e. The molecule has 25 heavy (non-hydrogen) atoms. The Morgan fingerprint density at radius 1 is 1.16 bits per heavy atom. The van der Waals surface area contributed by atoms with Gasteiger partial charge in [-0.25, -0.2) is 0 Å². The Bertz CT molecular complexity index is 856. The molecule has 9 nitrogen and oxygen atoms in total. The van der Waals surface area contributed by atoms with Crippen LogP contribution in [0.15, 0.2) is 33.5 Å². The standard InChI is InChI=1S/C16H18N6O3/c1-10(23)19-16(2,3)15-18-12(25-22-15)4-5-13-20-21-14(24-13)11-6-8-17-9-7-11/h6-9H,4-5H2,1-3H3,(H,19,23). The largest absolute Gasteiger partial charge is 0.421 e. The molecule has 9 heteroatoms. The molecule has 0 saturated carbocycles. The lowest BCUT2D eigenvalue weighted by atomic mass is 10.1. The molecule has 0 aliphatic rings. The molecule has 0 fully saturated rings. The van der Waals surface area contributed by atoms with Crippen LogP contribution in [-0.4, -0.2) is 31.2 Å². The minimum Gasteiger partial charge on any atom is -0.421 e. The number of carbonyl (C=O) groups is 1. The van der Waals surface area contributed by atoms with Crippen molar-refractivity contribution >= 4 is 5.91 Å². The molecule has 3 rings (SSSR count). The molecular weight excluding hydrogens is 324 g/mol. The first-order valence-electron chi connectivity index (χ1n) is 7.78. The van der Waals surface area contributed by atoms with Crippen molar-refractivity contribution in [3.63, 3.8) is 0 Å². The van der Waals surface area contributed by atoms with Gasteiger partial charge in [0.05, 0.1) is 5.54 Å². The zero-order chi connectivity index (χ0) is 17.9. The Kier molecular flexibility index (Phi) is 4.55. The third-order valence-corrected chi connectivity index (χ3v) is 3.46. The van der Waals surface area contributed by atoms with Crippen LogP contribution >= 0.6 is 0 Å². The molecule has 0 unspecified atom stereocenters. The van der Waals surface area contributed by atoms with Crippen molar-refractivity contribution in [3.8, 4) is 11.5 Å². The van der Waals surface area contributed by atoms with E-state index in [4.69, 9.17) is 8.94 Å². The van der Waals surface area contributed by atoms with E-state index in [9.17, 15) is 4.79 Å². The Balaban J connectivity index is 1.63. The predicted molar refractivity (Wildman–Crippen MR) is 86.1 cm³/mol. The lowest BCUT2D eigenvalue weighted by Crippen LogP contribution is -2.40. The fourth-order valence-corrected chi connectivity index (χ4v) is 2.29. The number of amides is 1. The number of aromatic nitrogens is 5. The molecule has 0 saturated heterocycles. The lowest BCUT2D eigenvalue weighted by Gasteiger charge is -2.20. The van der Waals surface area contributed by atoms with Crippen LogP contribution in [0.4, 0.5) is 0 Å². The van der Waals surface area contributed by atoms with Crippen molar-refractivity contribution in [2.45, 2.75) is 39.2 Å². The van der Waals surface area contributed by atoms with Crippen LogP contribution in [0.2, 0.25) is 0 Å². The molecule has 1 N–H and O–H groups in total. The van der Waals surface area contributed by atoms with E-state index in [1.165, 1.54) is 6.92 Å². The van der Waals surface area contributed by atoms with E-state index in [1.807, 2.05) is 13.8 Å². The van der Waals surface area contributed by atoms with Gasteiger partial charge in [-0.05, 0) is 26.0 Å². The number of hydrogen-bond donors (Lipinski definition) is 1. The summed E-state index contributed by atoms with van der Waals surface area (Å²) in [6.07, 6.45) is 4.26. The van der Waals surface area contributed by atoms with E-state index in [2.05, 4.69) is 30.6 Å². The minimum atomic E-state index is -0.702. The van der Waals surface area contributed by atoms with Crippen LogP contribution in [0.25, 0.3) is 11.5 Å². The van der Waals surface area contributed by atoms with E-state index >= 15 is 0 Å². The molecule has 1 amide bonds. The van der Waals surface area contributed by atoms with Gasteiger partial charge in [0, 0.05) is 37.7 Å². The highest BCUT2D eigenvalue weighted by Crippen LogP contribution is 2.19. The van der Waals surface area contributed by atoms with E-state index in [-0.39, 0.29) is 5.91 Å². The predicted octanol–water partition coefficient (Wildman–Crippen LogP) is 1.67. The monoisotopic (exact) mass is 342 g/mol. The number of nitrogens with one attached hydrogen (secondary N) is 1. The molecule has 0 atom stereocenters. The topological polar surface area (TPSA) is 120 Å². The maximum atomic E-state index is 11.2. The van der Waals surface area contributed by atoms with Gasteiger partial charge in [0.15, 0.2) is 5.82 Å². The molecule has 0 radical (unpaired) electrons. The summed E-state index contributed by atoms with van der Waals surface area (Å²) < 4.78 is 10.9. The Morgan fingerprint density at radius 2 is 1.88 bits per heavy atom.